The highest BCUT2D eigenvalue weighted by atomic mass is 16.5. The number of nitriles is 1. The summed E-state index contributed by atoms with van der Waals surface area (Å²) in [6.07, 6.45) is 0.532. The number of carbonyl (C=O) groups is 1. The highest BCUT2D eigenvalue weighted by molar-refractivity contribution is 6.03. The van der Waals surface area contributed by atoms with Gasteiger partial charge in [0, 0.05) is 26.2 Å². The first-order valence-corrected chi connectivity index (χ1v) is 9.93. The summed E-state index contributed by atoms with van der Waals surface area (Å²) in [5, 5.41) is 22.2. The molecule has 154 valence electrons. The average molecular weight is 404 g/mol. The number of ether oxygens (including phenoxy) is 1. The molecule has 6 nitrogen and oxygen atoms in total. The molecular formula is C24H24N2O4. The predicted molar refractivity (Wildman–Crippen MR) is 115 cm³/mol. The standard InChI is InChI=1S/C24H24N2O4/c1-3-30-13-7-12-26-23(28)20(15-25)16(2)22(24(26)29)21(27)14-18-10-6-9-17-8-4-5-11-19(17)18/h4-6,8-11,29H,3,7,12-14H2,1-2H3. The monoisotopic (exact) mass is 404 g/mol. The molecule has 1 N–H and O–H groups in total. The number of Topliss-reactive ketones (excluding diaryl/α,β-unsaturated/α-hetero) is 1. The first-order chi connectivity index (χ1) is 14.5. The summed E-state index contributed by atoms with van der Waals surface area (Å²) in [6.45, 7) is 4.52. The molecule has 6 heteroatoms. The Hall–Kier alpha value is -3.43. The number of benzene rings is 2. The molecular weight excluding hydrogens is 380 g/mol. The fraction of sp³-hybridized carbons (Fsp3) is 0.292. The van der Waals surface area contributed by atoms with Gasteiger partial charge in [-0.2, -0.15) is 5.26 Å². The van der Waals surface area contributed by atoms with Gasteiger partial charge in [0.2, 0.25) is 5.88 Å². The van der Waals surface area contributed by atoms with Crippen molar-refractivity contribution in [2.24, 2.45) is 0 Å². The Balaban J connectivity index is 2.02. The van der Waals surface area contributed by atoms with Gasteiger partial charge in [0.25, 0.3) is 5.56 Å². The lowest BCUT2D eigenvalue weighted by atomic mass is 9.95. The summed E-state index contributed by atoms with van der Waals surface area (Å²) in [6, 6.07) is 15.4. The van der Waals surface area contributed by atoms with E-state index in [1.807, 2.05) is 55.5 Å². The summed E-state index contributed by atoms with van der Waals surface area (Å²) < 4.78 is 6.38. The van der Waals surface area contributed by atoms with Gasteiger partial charge in [0.15, 0.2) is 5.78 Å². The predicted octanol–water partition coefficient (Wildman–Crippen LogP) is 3.74. The molecule has 3 rings (SSSR count). The minimum absolute atomic E-state index is 0.0236. The summed E-state index contributed by atoms with van der Waals surface area (Å²) in [4.78, 5) is 25.8. The molecule has 0 aliphatic carbocycles. The molecule has 0 aliphatic heterocycles. The van der Waals surface area contributed by atoms with Crippen molar-refractivity contribution in [2.45, 2.75) is 33.2 Å². The molecule has 0 unspecified atom stereocenters. The lowest BCUT2D eigenvalue weighted by Gasteiger charge is -2.16. The van der Waals surface area contributed by atoms with E-state index in [0.29, 0.717) is 19.6 Å². The Morgan fingerprint density at radius 1 is 1.20 bits per heavy atom. The fourth-order valence-corrected chi connectivity index (χ4v) is 3.67. The molecule has 0 atom stereocenters. The Morgan fingerprint density at radius 3 is 2.67 bits per heavy atom. The highest BCUT2D eigenvalue weighted by Gasteiger charge is 2.24. The van der Waals surface area contributed by atoms with Crippen molar-refractivity contribution in [1.82, 2.24) is 4.57 Å². The van der Waals surface area contributed by atoms with Gasteiger partial charge in [-0.15, -0.1) is 0 Å². The number of rotatable bonds is 8. The van der Waals surface area contributed by atoms with Gasteiger partial charge >= 0.3 is 0 Å². The van der Waals surface area contributed by atoms with Crippen LogP contribution in [-0.2, 0) is 17.7 Å². The van der Waals surface area contributed by atoms with Crippen LogP contribution in [0.25, 0.3) is 10.8 Å². The summed E-state index contributed by atoms with van der Waals surface area (Å²) >= 11 is 0. The summed E-state index contributed by atoms with van der Waals surface area (Å²) in [7, 11) is 0. The van der Waals surface area contributed by atoms with E-state index in [0.717, 1.165) is 20.9 Å². The molecule has 0 fully saturated rings. The molecule has 0 radical (unpaired) electrons. The third kappa shape index (κ3) is 4.12. The summed E-state index contributed by atoms with van der Waals surface area (Å²) in [5.74, 6) is -0.727. The minimum Gasteiger partial charge on any atom is -0.494 e. The van der Waals surface area contributed by atoms with E-state index in [2.05, 4.69) is 0 Å². The van der Waals surface area contributed by atoms with E-state index < -0.39 is 11.4 Å². The average Bonchev–Trinajstić information content (AvgIpc) is 2.74. The van der Waals surface area contributed by atoms with Crippen LogP contribution in [0.15, 0.2) is 47.3 Å². The van der Waals surface area contributed by atoms with E-state index in [-0.39, 0.29) is 35.4 Å². The second-order valence-corrected chi connectivity index (χ2v) is 7.06. The van der Waals surface area contributed by atoms with Crippen molar-refractivity contribution in [3.63, 3.8) is 0 Å². The molecule has 0 amide bonds. The molecule has 0 saturated carbocycles. The topological polar surface area (TPSA) is 92.3 Å². The Labute approximate surface area is 175 Å². The van der Waals surface area contributed by atoms with E-state index in [1.165, 1.54) is 6.92 Å². The Morgan fingerprint density at radius 2 is 1.93 bits per heavy atom. The van der Waals surface area contributed by atoms with Crippen molar-refractivity contribution in [3.8, 4) is 11.9 Å². The van der Waals surface area contributed by atoms with Crippen LogP contribution in [0, 0.1) is 18.3 Å². The number of pyridine rings is 1. The molecule has 2 aromatic carbocycles. The normalized spacial score (nSPS) is 10.8. The number of fused-ring (bicyclic) bond motifs is 1. The minimum atomic E-state index is -0.592. The maximum Gasteiger partial charge on any atom is 0.271 e. The Bertz CT molecular complexity index is 1180. The second kappa shape index (κ2) is 9.38. The molecule has 0 bridgehead atoms. The van der Waals surface area contributed by atoms with E-state index in [1.54, 1.807) is 0 Å². The molecule has 0 saturated heterocycles. The largest absolute Gasteiger partial charge is 0.494 e. The first kappa shape index (κ1) is 21.3. The number of nitrogens with zero attached hydrogens (tertiary/aromatic N) is 2. The van der Waals surface area contributed by atoms with Crippen LogP contribution in [0.4, 0.5) is 0 Å². The fourth-order valence-electron chi connectivity index (χ4n) is 3.67. The third-order valence-electron chi connectivity index (χ3n) is 5.18. The van der Waals surface area contributed by atoms with Crippen molar-refractivity contribution >= 4 is 16.6 Å². The van der Waals surface area contributed by atoms with Crippen LogP contribution in [-0.4, -0.2) is 28.7 Å². The number of ketones is 1. The number of carbonyl (C=O) groups excluding carboxylic acids is 1. The molecule has 0 spiro atoms. The number of hydrogen-bond donors (Lipinski definition) is 1. The van der Waals surface area contributed by atoms with Crippen molar-refractivity contribution in [1.29, 1.82) is 5.26 Å². The zero-order valence-electron chi connectivity index (χ0n) is 17.1. The van der Waals surface area contributed by atoms with Gasteiger partial charge < -0.3 is 9.84 Å². The van der Waals surface area contributed by atoms with E-state index in [4.69, 9.17) is 4.74 Å². The van der Waals surface area contributed by atoms with Gasteiger partial charge in [-0.25, -0.2) is 0 Å². The molecule has 1 heterocycles. The van der Waals surface area contributed by atoms with Gasteiger partial charge in [0.1, 0.15) is 11.6 Å². The van der Waals surface area contributed by atoms with E-state index in [9.17, 15) is 20.0 Å². The van der Waals surface area contributed by atoms with Crippen LogP contribution in [0.1, 0.15) is 40.4 Å². The van der Waals surface area contributed by atoms with Crippen LogP contribution in [0.3, 0.4) is 0 Å². The van der Waals surface area contributed by atoms with Gasteiger partial charge in [0.05, 0.1) is 5.56 Å². The van der Waals surface area contributed by atoms with Crippen molar-refractivity contribution in [2.75, 3.05) is 13.2 Å². The number of aromatic hydroxyl groups is 1. The molecule has 0 aliphatic rings. The van der Waals surface area contributed by atoms with Crippen LogP contribution in [0.5, 0.6) is 5.88 Å². The first-order valence-electron chi connectivity index (χ1n) is 9.93. The lowest BCUT2D eigenvalue weighted by molar-refractivity contribution is 0.0988. The number of aromatic nitrogens is 1. The van der Waals surface area contributed by atoms with Crippen molar-refractivity contribution < 1.29 is 14.6 Å². The van der Waals surface area contributed by atoms with Crippen molar-refractivity contribution in [3.05, 3.63) is 75.1 Å². The quantitative estimate of drug-likeness (QED) is 0.456. The molecule has 3 aromatic rings. The maximum atomic E-state index is 13.2. The maximum absolute atomic E-state index is 13.2. The third-order valence-corrected chi connectivity index (χ3v) is 5.18. The molecule has 30 heavy (non-hydrogen) atoms. The van der Waals surface area contributed by atoms with Crippen LogP contribution in [0.2, 0.25) is 0 Å². The van der Waals surface area contributed by atoms with Crippen LogP contribution < -0.4 is 5.56 Å². The SMILES string of the molecule is CCOCCCn1c(O)c(C(=O)Cc2cccc3ccccc23)c(C)c(C#N)c1=O. The van der Waals surface area contributed by atoms with Gasteiger partial charge in [-0.3, -0.25) is 14.2 Å². The Kier molecular flexibility index (Phi) is 6.65. The van der Waals surface area contributed by atoms with E-state index >= 15 is 0 Å². The van der Waals surface area contributed by atoms with Gasteiger partial charge in [-0.05, 0) is 42.2 Å². The number of hydrogen-bond acceptors (Lipinski definition) is 5. The highest BCUT2D eigenvalue weighted by Crippen LogP contribution is 2.26. The van der Waals surface area contributed by atoms with Gasteiger partial charge in [-0.1, -0.05) is 42.5 Å². The second-order valence-electron chi connectivity index (χ2n) is 7.06. The van der Waals surface area contributed by atoms with Crippen LogP contribution >= 0.6 is 0 Å². The lowest BCUT2D eigenvalue weighted by Crippen LogP contribution is -2.27. The smallest absolute Gasteiger partial charge is 0.271 e. The summed E-state index contributed by atoms with van der Waals surface area (Å²) in [5.41, 5.74) is 0.350. The zero-order valence-corrected chi connectivity index (χ0v) is 17.1. The molecule has 1 aromatic heterocycles. The zero-order chi connectivity index (χ0) is 21.7.